The first-order valence-electron chi connectivity index (χ1n) is 8.18. The van der Waals surface area contributed by atoms with Crippen LogP contribution in [-0.2, 0) is 17.9 Å². The van der Waals surface area contributed by atoms with Crippen LogP contribution in [0.3, 0.4) is 0 Å². The van der Waals surface area contributed by atoms with Crippen LogP contribution in [0, 0.1) is 6.92 Å². The molecule has 2 aromatic heterocycles. The number of carbonyl (C=O) groups is 1. The van der Waals surface area contributed by atoms with E-state index in [1.54, 1.807) is 11.6 Å². The van der Waals surface area contributed by atoms with Crippen LogP contribution in [0.15, 0.2) is 23.1 Å². The van der Waals surface area contributed by atoms with Gasteiger partial charge >= 0.3 is 0 Å². The molecule has 0 saturated carbocycles. The third kappa shape index (κ3) is 4.29. The molecule has 1 fully saturated rings. The molecule has 3 N–H and O–H groups in total. The summed E-state index contributed by atoms with van der Waals surface area (Å²) in [5, 5.41) is 10.6. The van der Waals surface area contributed by atoms with Crippen LogP contribution in [-0.4, -0.2) is 38.7 Å². The van der Waals surface area contributed by atoms with Gasteiger partial charge in [-0.1, -0.05) is 0 Å². The molecule has 3 rings (SSSR count). The van der Waals surface area contributed by atoms with Crippen LogP contribution in [0.5, 0.6) is 0 Å². The summed E-state index contributed by atoms with van der Waals surface area (Å²) in [5.74, 6) is 0.794. The molecule has 3 heterocycles. The zero-order valence-corrected chi connectivity index (χ0v) is 13.7. The summed E-state index contributed by atoms with van der Waals surface area (Å²) in [6.45, 7) is 4.09. The molecule has 1 aliphatic heterocycles. The zero-order chi connectivity index (χ0) is 16.9. The summed E-state index contributed by atoms with van der Waals surface area (Å²) in [6.07, 6.45) is 4.11. The van der Waals surface area contributed by atoms with Gasteiger partial charge in [0.2, 0.25) is 5.91 Å². The van der Waals surface area contributed by atoms with E-state index in [0.717, 1.165) is 31.6 Å². The van der Waals surface area contributed by atoms with Crippen LogP contribution in [0.1, 0.15) is 36.0 Å². The van der Waals surface area contributed by atoms with Crippen LogP contribution in [0.2, 0.25) is 0 Å². The van der Waals surface area contributed by atoms with Crippen molar-refractivity contribution in [1.82, 2.24) is 30.4 Å². The van der Waals surface area contributed by atoms with Crippen molar-refractivity contribution in [2.24, 2.45) is 0 Å². The Morgan fingerprint density at radius 2 is 2.38 bits per heavy atom. The summed E-state index contributed by atoms with van der Waals surface area (Å²) in [7, 11) is 0. The monoisotopic (exact) mass is 330 g/mol. The number of piperidine rings is 1. The molecule has 0 bridgehead atoms. The molecule has 0 spiro atoms. The van der Waals surface area contributed by atoms with Crippen molar-refractivity contribution in [3.8, 4) is 0 Å². The molecule has 0 unspecified atom stereocenters. The molecule has 1 aliphatic rings. The number of carbonyl (C=O) groups excluding carboxylic acids is 1. The lowest BCUT2D eigenvalue weighted by Gasteiger charge is -2.20. The summed E-state index contributed by atoms with van der Waals surface area (Å²) >= 11 is 0. The minimum Gasteiger partial charge on any atom is -0.349 e. The van der Waals surface area contributed by atoms with Crippen molar-refractivity contribution in [3.05, 3.63) is 45.9 Å². The van der Waals surface area contributed by atoms with Gasteiger partial charge in [-0.15, -0.1) is 0 Å². The van der Waals surface area contributed by atoms with Gasteiger partial charge in [-0.2, -0.15) is 5.10 Å². The molecule has 128 valence electrons. The van der Waals surface area contributed by atoms with Crippen molar-refractivity contribution in [1.29, 1.82) is 0 Å². The Kier molecular flexibility index (Phi) is 5.05. The Bertz CT molecular complexity index is 760. The van der Waals surface area contributed by atoms with E-state index in [2.05, 4.69) is 25.7 Å². The van der Waals surface area contributed by atoms with E-state index in [9.17, 15) is 9.59 Å². The molecule has 24 heavy (non-hydrogen) atoms. The second kappa shape index (κ2) is 7.39. The minimum absolute atomic E-state index is 0.155. The smallest absolute Gasteiger partial charge is 0.251 e. The Morgan fingerprint density at radius 3 is 3.12 bits per heavy atom. The number of aromatic amines is 1. The normalized spacial score (nSPS) is 17.6. The molecule has 8 nitrogen and oxygen atoms in total. The van der Waals surface area contributed by atoms with E-state index >= 15 is 0 Å². The predicted octanol–water partition coefficient (Wildman–Crippen LogP) is 0.0582. The number of hydrogen-bond donors (Lipinski definition) is 3. The molecule has 0 aromatic carbocycles. The van der Waals surface area contributed by atoms with Crippen molar-refractivity contribution in [2.45, 2.75) is 38.8 Å². The van der Waals surface area contributed by atoms with Gasteiger partial charge in [-0.3, -0.25) is 14.3 Å². The fourth-order valence-corrected chi connectivity index (χ4v) is 2.91. The summed E-state index contributed by atoms with van der Waals surface area (Å²) < 4.78 is 1.65. The lowest BCUT2D eigenvalue weighted by Crippen LogP contribution is -2.29. The van der Waals surface area contributed by atoms with Crippen LogP contribution in [0.25, 0.3) is 0 Å². The van der Waals surface area contributed by atoms with E-state index in [0.29, 0.717) is 17.4 Å². The van der Waals surface area contributed by atoms with E-state index in [1.165, 1.54) is 6.07 Å². The topological polar surface area (TPSA) is 105 Å². The molecule has 2 aromatic rings. The van der Waals surface area contributed by atoms with E-state index < -0.39 is 0 Å². The fourth-order valence-electron chi connectivity index (χ4n) is 2.91. The molecular weight excluding hydrogens is 308 g/mol. The lowest BCUT2D eigenvalue weighted by molar-refractivity contribution is -0.122. The van der Waals surface area contributed by atoms with Gasteiger partial charge in [-0.25, -0.2) is 4.98 Å². The first-order valence-corrected chi connectivity index (χ1v) is 8.18. The molecule has 1 amide bonds. The van der Waals surface area contributed by atoms with E-state index in [-0.39, 0.29) is 24.6 Å². The quantitative estimate of drug-likeness (QED) is 0.719. The summed E-state index contributed by atoms with van der Waals surface area (Å²) in [6, 6.07) is 3.36. The number of H-pyrrole nitrogens is 1. The van der Waals surface area contributed by atoms with Gasteiger partial charge in [0.05, 0.1) is 17.9 Å². The van der Waals surface area contributed by atoms with Crippen LogP contribution in [0.4, 0.5) is 0 Å². The van der Waals surface area contributed by atoms with Crippen molar-refractivity contribution >= 4 is 5.91 Å². The highest BCUT2D eigenvalue weighted by molar-refractivity contribution is 5.75. The number of aryl methyl sites for hydroxylation is 1. The highest BCUT2D eigenvalue weighted by Gasteiger charge is 2.17. The third-order valence-corrected chi connectivity index (χ3v) is 4.06. The molecule has 8 heteroatoms. The Balaban J connectivity index is 1.53. The maximum absolute atomic E-state index is 12.0. The third-order valence-electron chi connectivity index (χ3n) is 4.06. The maximum Gasteiger partial charge on any atom is 0.251 e. The zero-order valence-electron chi connectivity index (χ0n) is 13.7. The van der Waals surface area contributed by atoms with Crippen molar-refractivity contribution in [3.63, 3.8) is 0 Å². The van der Waals surface area contributed by atoms with Crippen molar-refractivity contribution in [2.75, 3.05) is 13.1 Å². The van der Waals surface area contributed by atoms with Gasteiger partial charge in [0.15, 0.2) is 0 Å². The standard InChI is InChI=1S/C16H22N6O2/c1-11-19-13(7-15(23)20-11)9-18-16(24)10-22-6-4-14(21-22)12-3-2-5-17-8-12/h4,6-7,12,17H,2-3,5,8-10H2,1H3,(H,18,24)(H,19,20,23)/t12-/m0/s1. The number of nitrogens with one attached hydrogen (secondary N) is 3. The molecule has 0 aliphatic carbocycles. The van der Waals surface area contributed by atoms with Gasteiger partial charge in [0.25, 0.3) is 5.56 Å². The Hall–Kier alpha value is -2.48. The lowest BCUT2D eigenvalue weighted by atomic mass is 9.97. The fraction of sp³-hybridized carbons (Fsp3) is 0.500. The molecular formula is C16H22N6O2. The number of amides is 1. The van der Waals surface area contributed by atoms with Crippen LogP contribution >= 0.6 is 0 Å². The second-order valence-electron chi connectivity index (χ2n) is 6.08. The number of rotatable bonds is 5. The minimum atomic E-state index is -0.218. The predicted molar refractivity (Wildman–Crippen MR) is 88.5 cm³/mol. The average Bonchev–Trinajstić information content (AvgIpc) is 3.01. The van der Waals surface area contributed by atoms with Gasteiger partial charge in [0, 0.05) is 24.7 Å². The van der Waals surface area contributed by atoms with Gasteiger partial charge < -0.3 is 15.6 Å². The highest BCUT2D eigenvalue weighted by atomic mass is 16.2. The molecule has 0 radical (unpaired) electrons. The Morgan fingerprint density at radius 1 is 1.50 bits per heavy atom. The first-order chi connectivity index (χ1) is 11.6. The summed E-state index contributed by atoms with van der Waals surface area (Å²) in [4.78, 5) is 30.2. The van der Waals surface area contributed by atoms with Gasteiger partial charge in [0.1, 0.15) is 12.4 Å². The van der Waals surface area contributed by atoms with E-state index in [4.69, 9.17) is 0 Å². The molecule has 1 atom stereocenters. The number of aromatic nitrogens is 4. The maximum atomic E-state index is 12.0. The number of nitrogens with zero attached hydrogens (tertiary/aromatic N) is 3. The second-order valence-corrected chi connectivity index (χ2v) is 6.08. The molecule has 1 saturated heterocycles. The van der Waals surface area contributed by atoms with E-state index in [1.807, 2.05) is 12.3 Å². The summed E-state index contributed by atoms with van der Waals surface area (Å²) in [5.41, 5.74) is 1.35. The van der Waals surface area contributed by atoms with Crippen molar-refractivity contribution < 1.29 is 4.79 Å². The van der Waals surface area contributed by atoms with Crippen LogP contribution < -0.4 is 16.2 Å². The number of hydrogen-bond acceptors (Lipinski definition) is 5. The largest absolute Gasteiger partial charge is 0.349 e. The Labute approximate surface area is 139 Å². The SMILES string of the molecule is Cc1nc(CNC(=O)Cn2ccc([C@H]3CCCNC3)n2)cc(=O)[nH]1. The first kappa shape index (κ1) is 16.4. The average molecular weight is 330 g/mol. The highest BCUT2D eigenvalue weighted by Crippen LogP contribution is 2.21. The van der Waals surface area contributed by atoms with Gasteiger partial charge in [-0.05, 0) is 32.4 Å².